The quantitative estimate of drug-likeness (QED) is 0.782. The Bertz CT molecular complexity index is 880. The van der Waals surface area contributed by atoms with Crippen LogP contribution in [0.2, 0.25) is 5.02 Å². The summed E-state index contributed by atoms with van der Waals surface area (Å²) in [6.07, 6.45) is 1.18. The van der Waals surface area contributed by atoms with Crippen molar-refractivity contribution in [2.24, 2.45) is 0 Å². The molecule has 0 saturated heterocycles. The molecule has 140 valence electrons. The van der Waals surface area contributed by atoms with E-state index in [2.05, 4.69) is 5.32 Å². The summed E-state index contributed by atoms with van der Waals surface area (Å²) in [5.74, 6) is -0.209. The van der Waals surface area contributed by atoms with Crippen LogP contribution in [0.15, 0.2) is 42.5 Å². The van der Waals surface area contributed by atoms with E-state index in [1.165, 1.54) is 4.31 Å². The molecule has 7 heteroatoms. The van der Waals surface area contributed by atoms with Gasteiger partial charge >= 0.3 is 0 Å². The van der Waals surface area contributed by atoms with Crippen molar-refractivity contribution < 1.29 is 13.2 Å². The average Bonchev–Trinajstić information content (AvgIpc) is 2.57. The number of hydrogen-bond acceptors (Lipinski definition) is 3. The van der Waals surface area contributed by atoms with E-state index in [4.69, 9.17) is 11.6 Å². The second-order valence-corrected chi connectivity index (χ2v) is 8.55. The highest BCUT2D eigenvalue weighted by Gasteiger charge is 2.21. The summed E-state index contributed by atoms with van der Waals surface area (Å²) in [5, 5.41) is 3.30. The predicted octanol–water partition coefficient (Wildman–Crippen LogP) is 3.43. The zero-order valence-electron chi connectivity index (χ0n) is 15.1. The number of benzene rings is 2. The Kier molecular flexibility index (Phi) is 6.67. The molecule has 0 unspecified atom stereocenters. The van der Waals surface area contributed by atoms with E-state index < -0.39 is 10.0 Å². The molecule has 0 aliphatic rings. The van der Waals surface area contributed by atoms with Gasteiger partial charge in [0.05, 0.1) is 11.9 Å². The van der Waals surface area contributed by atoms with E-state index in [0.717, 1.165) is 17.4 Å². The van der Waals surface area contributed by atoms with Gasteiger partial charge in [0.1, 0.15) is 0 Å². The third-order valence-corrected chi connectivity index (χ3v) is 5.65. The van der Waals surface area contributed by atoms with Crippen LogP contribution >= 0.6 is 11.6 Å². The lowest BCUT2D eigenvalue weighted by Gasteiger charge is -2.24. The van der Waals surface area contributed by atoms with Gasteiger partial charge in [0, 0.05) is 24.5 Å². The topological polar surface area (TPSA) is 66.5 Å². The van der Waals surface area contributed by atoms with Crippen LogP contribution in [0.4, 0.5) is 5.69 Å². The minimum Gasteiger partial charge on any atom is -0.352 e. The van der Waals surface area contributed by atoms with Gasteiger partial charge in [-0.1, -0.05) is 47.5 Å². The van der Waals surface area contributed by atoms with Crippen molar-refractivity contribution >= 4 is 33.2 Å². The molecule has 0 radical (unpaired) electrons. The monoisotopic (exact) mass is 394 g/mol. The van der Waals surface area contributed by atoms with Crippen molar-refractivity contribution in [2.45, 2.75) is 26.8 Å². The first kappa shape index (κ1) is 20.3. The molecule has 0 aliphatic heterocycles. The number of nitrogens with zero attached hydrogens (tertiary/aromatic N) is 1. The van der Waals surface area contributed by atoms with Gasteiger partial charge in [-0.05, 0) is 37.1 Å². The van der Waals surface area contributed by atoms with Crippen LogP contribution in [0, 0.1) is 13.8 Å². The maximum absolute atomic E-state index is 12.2. The Morgan fingerprint density at radius 2 is 1.77 bits per heavy atom. The summed E-state index contributed by atoms with van der Waals surface area (Å²) in [4.78, 5) is 12.1. The third-order valence-electron chi connectivity index (χ3n) is 4.06. The molecule has 0 atom stereocenters. The molecule has 2 aromatic carbocycles. The van der Waals surface area contributed by atoms with E-state index in [1.807, 2.05) is 31.2 Å². The fraction of sp³-hybridized carbons (Fsp3) is 0.316. The van der Waals surface area contributed by atoms with Crippen molar-refractivity contribution in [2.75, 3.05) is 17.1 Å². The van der Waals surface area contributed by atoms with E-state index in [1.54, 1.807) is 25.1 Å². The Morgan fingerprint density at radius 1 is 1.12 bits per heavy atom. The molecule has 0 saturated carbocycles. The number of aryl methyl sites for hydroxylation is 1. The van der Waals surface area contributed by atoms with Gasteiger partial charge < -0.3 is 5.32 Å². The van der Waals surface area contributed by atoms with Gasteiger partial charge in [0.15, 0.2) is 0 Å². The summed E-state index contributed by atoms with van der Waals surface area (Å²) in [6, 6.07) is 13.0. The SMILES string of the molecule is Cc1ccc(CNC(=O)CCN(c2cccc(Cl)c2C)S(C)(=O)=O)cc1. The number of nitrogens with one attached hydrogen (secondary N) is 1. The zero-order valence-corrected chi connectivity index (χ0v) is 16.7. The van der Waals surface area contributed by atoms with E-state index in [9.17, 15) is 13.2 Å². The molecule has 5 nitrogen and oxygen atoms in total. The van der Waals surface area contributed by atoms with Crippen LogP contribution in [0.1, 0.15) is 23.1 Å². The number of halogens is 1. The van der Waals surface area contributed by atoms with Crippen molar-refractivity contribution in [3.63, 3.8) is 0 Å². The number of carbonyl (C=O) groups is 1. The number of carbonyl (C=O) groups excluding carboxylic acids is 1. The van der Waals surface area contributed by atoms with E-state index in [0.29, 0.717) is 22.8 Å². The van der Waals surface area contributed by atoms with Crippen LogP contribution in [-0.2, 0) is 21.4 Å². The van der Waals surface area contributed by atoms with Gasteiger partial charge in [0.2, 0.25) is 15.9 Å². The van der Waals surface area contributed by atoms with Crippen LogP contribution in [-0.4, -0.2) is 27.1 Å². The second-order valence-electron chi connectivity index (χ2n) is 6.23. The van der Waals surface area contributed by atoms with Crippen LogP contribution in [0.3, 0.4) is 0 Å². The van der Waals surface area contributed by atoms with Gasteiger partial charge in [-0.3, -0.25) is 9.10 Å². The number of anilines is 1. The molecule has 2 aromatic rings. The van der Waals surface area contributed by atoms with Crippen molar-refractivity contribution in [1.29, 1.82) is 0 Å². The summed E-state index contributed by atoms with van der Waals surface area (Å²) in [7, 11) is -3.53. The first-order valence-corrected chi connectivity index (χ1v) is 10.5. The Labute approximate surface area is 160 Å². The number of amides is 1. The highest BCUT2D eigenvalue weighted by Crippen LogP contribution is 2.28. The lowest BCUT2D eigenvalue weighted by atomic mass is 10.1. The maximum Gasteiger partial charge on any atom is 0.232 e. The normalized spacial score (nSPS) is 11.2. The average molecular weight is 395 g/mol. The molecule has 0 bridgehead atoms. The number of rotatable bonds is 7. The summed E-state index contributed by atoms with van der Waals surface area (Å²) >= 11 is 6.10. The molecule has 0 aliphatic carbocycles. The maximum atomic E-state index is 12.2. The van der Waals surface area contributed by atoms with Gasteiger partial charge in [-0.25, -0.2) is 8.42 Å². The largest absolute Gasteiger partial charge is 0.352 e. The standard InChI is InChI=1S/C19H23ClN2O3S/c1-14-7-9-16(10-8-14)13-21-19(23)11-12-22(26(3,24)25)18-6-4-5-17(20)15(18)2/h4-10H,11-13H2,1-3H3,(H,21,23). The molecular weight excluding hydrogens is 372 g/mol. The first-order chi connectivity index (χ1) is 12.2. The lowest BCUT2D eigenvalue weighted by molar-refractivity contribution is -0.121. The van der Waals surface area contributed by atoms with Crippen molar-refractivity contribution in [3.8, 4) is 0 Å². The molecule has 2 rings (SSSR count). The molecule has 0 spiro atoms. The second kappa shape index (κ2) is 8.56. The fourth-order valence-corrected chi connectivity index (χ4v) is 3.68. The predicted molar refractivity (Wildman–Crippen MR) is 106 cm³/mol. The Hall–Kier alpha value is -2.05. The number of sulfonamides is 1. The van der Waals surface area contributed by atoms with Gasteiger partial charge in [0.25, 0.3) is 0 Å². The highest BCUT2D eigenvalue weighted by atomic mass is 35.5. The molecule has 0 aromatic heterocycles. The fourth-order valence-electron chi connectivity index (χ4n) is 2.53. The zero-order chi connectivity index (χ0) is 19.3. The molecule has 0 fully saturated rings. The molecule has 0 heterocycles. The first-order valence-electron chi connectivity index (χ1n) is 8.23. The van der Waals surface area contributed by atoms with E-state index >= 15 is 0 Å². The summed E-state index contributed by atoms with van der Waals surface area (Å²) in [6.45, 7) is 4.22. The van der Waals surface area contributed by atoms with Crippen molar-refractivity contribution in [3.05, 3.63) is 64.2 Å². The molecule has 1 amide bonds. The van der Waals surface area contributed by atoms with E-state index in [-0.39, 0.29) is 18.9 Å². The minimum atomic E-state index is -3.53. The molecule has 1 N–H and O–H groups in total. The van der Waals surface area contributed by atoms with Crippen LogP contribution < -0.4 is 9.62 Å². The highest BCUT2D eigenvalue weighted by molar-refractivity contribution is 7.92. The van der Waals surface area contributed by atoms with Gasteiger partial charge in [-0.15, -0.1) is 0 Å². The third kappa shape index (κ3) is 5.47. The van der Waals surface area contributed by atoms with Crippen LogP contribution in [0.25, 0.3) is 0 Å². The molecular formula is C19H23ClN2O3S. The Balaban J connectivity index is 2.02. The van der Waals surface area contributed by atoms with Gasteiger partial charge in [-0.2, -0.15) is 0 Å². The smallest absolute Gasteiger partial charge is 0.232 e. The Morgan fingerprint density at radius 3 is 2.38 bits per heavy atom. The van der Waals surface area contributed by atoms with Crippen LogP contribution in [0.5, 0.6) is 0 Å². The summed E-state index contributed by atoms with van der Waals surface area (Å²) in [5.41, 5.74) is 3.31. The number of hydrogen-bond donors (Lipinski definition) is 1. The van der Waals surface area contributed by atoms with Crippen molar-refractivity contribution in [1.82, 2.24) is 5.32 Å². The summed E-state index contributed by atoms with van der Waals surface area (Å²) < 4.78 is 25.6. The molecule has 26 heavy (non-hydrogen) atoms. The lowest BCUT2D eigenvalue weighted by Crippen LogP contribution is -2.35. The minimum absolute atomic E-state index is 0.0553.